The van der Waals surface area contributed by atoms with Crippen LogP contribution in [0, 0.1) is 29.7 Å². The molecule has 334 valence electrons. The Labute approximate surface area is 376 Å². The summed E-state index contributed by atoms with van der Waals surface area (Å²) in [5.74, 6) is -0.353. The number of ketones is 1. The fraction of sp³-hybridized carbons (Fsp3) is 0.422. The lowest BCUT2D eigenvalue weighted by atomic mass is 9.98. The van der Waals surface area contributed by atoms with Crippen LogP contribution in [0.2, 0.25) is 5.02 Å². The van der Waals surface area contributed by atoms with Gasteiger partial charge in [-0.3, -0.25) is 19.2 Å². The molecule has 0 aliphatic rings. The van der Waals surface area contributed by atoms with E-state index < -0.39 is 30.1 Å². The smallest absolute Gasteiger partial charge is 0.307 e. The van der Waals surface area contributed by atoms with Crippen LogP contribution in [-0.2, 0) is 34.4 Å². The first kappa shape index (κ1) is 49.7. The maximum absolute atomic E-state index is 12.9. The van der Waals surface area contributed by atoms with Crippen LogP contribution in [0.4, 0.5) is 11.5 Å². The van der Waals surface area contributed by atoms with Crippen molar-refractivity contribution in [3.63, 3.8) is 0 Å². The van der Waals surface area contributed by atoms with Crippen LogP contribution < -0.4 is 27.3 Å². The molecule has 0 fully saturated rings. The van der Waals surface area contributed by atoms with Crippen LogP contribution in [-0.4, -0.2) is 71.5 Å². The third kappa shape index (κ3) is 15.7. The lowest BCUT2D eigenvalue weighted by molar-refractivity contribution is -0.161. The van der Waals surface area contributed by atoms with E-state index in [9.17, 15) is 24.4 Å². The molecule has 0 saturated heterocycles. The van der Waals surface area contributed by atoms with Crippen molar-refractivity contribution in [2.75, 3.05) is 25.5 Å². The largest absolute Gasteiger partial charge is 0.490 e. The van der Waals surface area contributed by atoms with Gasteiger partial charge in [-0.1, -0.05) is 63.2 Å². The molecule has 0 saturated carbocycles. The van der Waals surface area contributed by atoms with Crippen LogP contribution in [0.25, 0.3) is 27.4 Å². The number of nitrogens with two attached hydrogens (primary N) is 3. The Hall–Kier alpha value is -5.98. The molecule has 0 aliphatic carbocycles. The molecule has 0 bridgehead atoms. The Morgan fingerprint density at radius 1 is 0.921 bits per heavy atom. The van der Waals surface area contributed by atoms with Gasteiger partial charge in [0.1, 0.15) is 47.9 Å². The first-order valence-electron chi connectivity index (χ1n) is 20.4. The monoisotopic (exact) mass is 900 g/mol. The minimum atomic E-state index is -1.04. The summed E-state index contributed by atoms with van der Waals surface area (Å²) >= 11 is 7.22. The molecule has 18 heteroatoms. The summed E-state index contributed by atoms with van der Waals surface area (Å²) in [7, 11) is 0. The van der Waals surface area contributed by atoms with Crippen LogP contribution >= 0.6 is 23.4 Å². The number of Topliss-reactive ketones (excluding diaryl/α,β-unsaturated/α-hetero) is 1. The van der Waals surface area contributed by atoms with Crippen molar-refractivity contribution in [3.05, 3.63) is 82.5 Å². The number of hydrogen-bond acceptors (Lipinski definition) is 15. The number of ether oxygens (including phenoxy) is 3. The number of carbonyl (C=O) groups excluding carboxylic acids is 4. The van der Waals surface area contributed by atoms with Crippen LogP contribution in [0.5, 0.6) is 5.75 Å². The Morgan fingerprint density at radius 2 is 1.59 bits per heavy atom. The summed E-state index contributed by atoms with van der Waals surface area (Å²) in [6.45, 7) is 15.1. The van der Waals surface area contributed by atoms with E-state index in [4.69, 9.17) is 54.0 Å². The fourth-order valence-electron chi connectivity index (χ4n) is 6.21. The third-order valence-corrected chi connectivity index (χ3v) is 10.6. The van der Waals surface area contributed by atoms with Crippen molar-refractivity contribution in [3.8, 4) is 34.4 Å². The highest BCUT2D eigenvalue weighted by atomic mass is 35.5. The highest BCUT2D eigenvalue weighted by Gasteiger charge is 2.23. The number of pyridine rings is 1. The molecule has 2 heterocycles. The average molecular weight is 901 g/mol. The van der Waals surface area contributed by atoms with Crippen molar-refractivity contribution in [2.24, 2.45) is 23.3 Å². The summed E-state index contributed by atoms with van der Waals surface area (Å²) in [4.78, 5) is 62.7. The maximum atomic E-state index is 12.9. The second-order valence-electron chi connectivity index (χ2n) is 15.5. The number of anilines is 1. The number of amides is 1. The van der Waals surface area contributed by atoms with Gasteiger partial charge in [0.05, 0.1) is 36.3 Å². The minimum absolute atomic E-state index is 0.00331. The lowest BCUT2D eigenvalue weighted by Gasteiger charge is -2.19. The zero-order valence-electron chi connectivity index (χ0n) is 35.7. The lowest BCUT2D eigenvalue weighted by Crippen LogP contribution is -2.42. The summed E-state index contributed by atoms with van der Waals surface area (Å²) in [6.07, 6.45) is 1.61. The van der Waals surface area contributed by atoms with Crippen molar-refractivity contribution in [1.82, 2.24) is 15.3 Å². The van der Waals surface area contributed by atoms with E-state index in [0.717, 1.165) is 5.56 Å². The van der Waals surface area contributed by atoms with Crippen LogP contribution in [0.1, 0.15) is 77.5 Å². The van der Waals surface area contributed by atoms with E-state index in [1.54, 1.807) is 48.5 Å². The molecule has 0 aliphatic heterocycles. The molecule has 1 amide bonds. The molecule has 0 spiro atoms. The zero-order chi connectivity index (χ0) is 46.1. The molecule has 4 rings (SSSR count). The second kappa shape index (κ2) is 24.6. The normalized spacial score (nSPS) is 12.5. The minimum Gasteiger partial charge on any atom is -0.490 e. The van der Waals surface area contributed by atoms with E-state index in [1.165, 1.54) is 18.0 Å². The Morgan fingerprint density at radius 3 is 2.24 bits per heavy atom. The molecule has 0 radical (unpaired) electrons. The SMILES string of the molecule is [C-]#[N+]c1c(N)nc(SCc2coc(-c3ccc(Cl)cc3)n2)c(C#N)c1-c1ccc(OC[C@@H](COC(=O)CCNC(=O)[C@@H](N)CC(C)C)OC(=O)CCCC(=O)[C@@H](N)CC(C)C)cc1. The Bertz CT molecular complexity index is 2270. The van der Waals surface area contributed by atoms with Crippen molar-refractivity contribution < 1.29 is 37.8 Å². The maximum Gasteiger partial charge on any atom is 0.307 e. The predicted octanol–water partition coefficient (Wildman–Crippen LogP) is 7.18. The number of esters is 2. The van der Waals surface area contributed by atoms with Gasteiger partial charge in [-0.15, -0.1) is 0 Å². The van der Waals surface area contributed by atoms with E-state index in [0.29, 0.717) is 45.8 Å². The number of halogens is 1. The number of benzene rings is 2. The standard InChI is InChI=1S/C45H53ClN8O8S/c1-26(2)19-35(48)37(55)7-6-8-39(57)62-33(24-60-38(56)17-18-52-43(58)36(49)20-27(3)4)23-59-32-15-11-28(12-16-32)40-34(21-47)45(54-42(50)41(40)51-5)63-25-31-22-61-44(53-31)29-9-13-30(46)14-10-29/h9-16,22,26-27,33,35-36H,6-8,17-20,23-25,48-49H2,1-4H3,(H2,50,54)(H,52,58)/t33-,35-,36-/m0/s1. The van der Waals surface area contributed by atoms with E-state index in [-0.39, 0.29) is 97.4 Å². The summed E-state index contributed by atoms with van der Waals surface area (Å²) in [5.41, 5.74) is 20.4. The molecule has 7 N–H and O–H groups in total. The van der Waals surface area contributed by atoms with Gasteiger partial charge in [-0.2, -0.15) is 5.26 Å². The molecule has 16 nitrogen and oxygen atoms in total. The van der Waals surface area contributed by atoms with Gasteiger partial charge in [0.2, 0.25) is 17.5 Å². The number of rotatable bonds is 24. The number of carbonyl (C=O) groups is 4. The number of nitrogen functional groups attached to an aromatic ring is 1. The van der Waals surface area contributed by atoms with Gasteiger partial charge in [-0.05, 0) is 73.1 Å². The first-order valence-corrected chi connectivity index (χ1v) is 21.8. The Kier molecular flexibility index (Phi) is 19.4. The number of nitriles is 1. The Balaban J connectivity index is 1.43. The van der Waals surface area contributed by atoms with Gasteiger partial charge in [0.15, 0.2) is 6.10 Å². The number of aromatic nitrogens is 2. The van der Waals surface area contributed by atoms with Gasteiger partial charge in [0, 0.05) is 41.3 Å². The summed E-state index contributed by atoms with van der Waals surface area (Å²) < 4.78 is 22.6. The summed E-state index contributed by atoms with van der Waals surface area (Å²) in [6, 6.07) is 14.4. The van der Waals surface area contributed by atoms with Gasteiger partial charge in [0.25, 0.3) is 0 Å². The zero-order valence-corrected chi connectivity index (χ0v) is 37.3. The van der Waals surface area contributed by atoms with E-state index in [2.05, 4.69) is 26.2 Å². The van der Waals surface area contributed by atoms with Crippen LogP contribution in [0.15, 0.2) is 64.2 Å². The van der Waals surface area contributed by atoms with E-state index >= 15 is 0 Å². The second-order valence-corrected chi connectivity index (χ2v) is 16.9. The molecule has 4 aromatic rings. The highest BCUT2D eigenvalue weighted by molar-refractivity contribution is 7.98. The topological polar surface area (TPSA) is 253 Å². The number of thioether (sulfide) groups is 1. The number of nitrogens with zero attached hydrogens (tertiary/aromatic N) is 4. The average Bonchev–Trinajstić information content (AvgIpc) is 3.72. The molecule has 2 aromatic heterocycles. The van der Waals surface area contributed by atoms with Gasteiger partial charge >= 0.3 is 11.9 Å². The number of oxazole rings is 1. The third-order valence-electron chi connectivity index (χ3n) is 9.33. The van der Waals surface area contributed by atoms with Gasteiger partial charge < -0.3 is 41.1 Å². The molecule has 2 aromatic carbocycles. The molecular formula is C45H53ClN8O8S. The number of nitrogens with one attached hydrogen (secondary N) is 1. The quantitative estimate of drug-likeness (QED) is 0.0309. The highest BCUT2D eigenvalue weighted by Crippen LogP contribution is 2.42. The molecule has 63 heavy (non-hydrogen) atoms. The number of hydrogen-bond donors (Lipinski definition) is 4. The van der Waals surface area contributed by atoms with Crippen molar-refractivity contribution in [1.29, 1.82) is 5.26 Å². The van der Waals surface area contributed by atoms with Crippen molar-refractivity contribution >= 4 is 58.5 Å². The van der Waals surface area contributed by atoms with Gasteiger partial charge in [-0.25, -0.2) is 14.8 Å². The van der Waals surface area contributed by atoms with E-state index in [1.807, 2.05) is 27.7 Å². The predicted molar refractivity (Wildman–Crippen MR) is 239 cm³/mol. The fourth-order valence-corrected chi connectivity index (χ4v) is 7.20. The summed E-state index contributed by atoms with van der Waals surface area (Å²) in [5, 5.41) is 13.8. The van der Waals surface area contributed by atoms with Crippen molar-refractivity contribution in [2.45, 2.75) is 95.2 Å². The van der Waals surface area contributed by atoms with Crippen LogP contribution in [0.3, 0.4) is 0 Å². The first-order chi connectivity index (χ1) is 30.1. The molecular weight excluding hydrogens is 848 g/mol. The molecule has 0 unspecified atom stereocenters. The molecule has 3 atom stereocenters.